The lowest BCUT2D eigenvalue weighted by atomic mass is 9.95. The Balaban J connectivity index is 4.51. The fraction of sp³-hybridized carbons (Fsp3) is 1.00. The van der Waals surface area contributed by atoms with Gasteiger partial charge in [0.25, 0.3) is 0 Å². The summed E-state index contributed by atoms with van der Waals surface area (Å²) >= 11 is 0. The van der Waals surface area contributed by atoms with Crippen LogP contribution in [-0.2, 0) is 14.2 Å². The van der Waals surface area contributed by atoms with E-state index in [1.54, 1.807) is 0 Å². The minimum Gasteiger partial charge on any atom is -0.394 e. The average molecular weight is 385 g/mol. The van der Waals surface area contributed by atoms with Gasteiger partial charge in [0, 0.05) is 13.0 Å². The third-order valence-corrected chi connectivity index (χ3v) is 4.69. The van der Waals surface area contributed by atoms with Crippen molar-refractivity contribution in [3.8, 4) is 0 Å². The summed E-state index contributed by atoms with van der Waals surface area (Å²) < 4.78 is 44.3. The van der Waals surface area contributed by atoms with Gasteiger partial charge in [-0.3, -0.25) is 0 Å². The van der Waals surface area contributed by atoms with Crippen LogP contribution in [0.25, 0.3) is 0 Å². The standard InChI is InChI=1S/C18H37F2NO5/c1-6-16(3,8-10-24-12-15(23)11-22)26-13-17(4,20)18(5,21)25-9-7-14(2)19/h14-15,22-23H,6-13,21H2,1-5H3. The normalized spacial score (nSPS) is 21.5. The van der Waals surface area contributed by atoms with E-state index < -0.39 is 29.3 Å². The van der Waals surface area contributed by atoms with Crippen molar-refractivity contribution < 1.29 is 33.2 Å². The Kier molecular flexibility index (Phi) is 11.3. The summed E-state index contributed by atoms with van der Waals surface area (Å²) in [5.74, 6) is 0. The second-order valence-electron chi connectivity index (χ2n) is 7.48. The fourth-order valence-electron chi connectivity index (χ4n) is 1.95. The topological polar surface area (TPSA) is 94.2 Å². The first-order valence-electron chi connectivity index (χ1n) is 9.15. The molecule has 6 nitrogen and oxygen atoms in total. The van der Waals surface area contributed by atoms with E-state index in [0.717, 1.165) is 0 Å². The minimum absolute atomic E-state index is 0.0241. The van der Waals surface area contributed by atoms with E-state index in [1.807, 2.05) is 13.8 Å². The van der Waals surface area contributed by atoms with Crippen molar-refractivity contribution in [3.05, 3.63) is 0 Å². The number of halogens is 2. The van der Waals surface area contributed by atoms with Gasteiger partial charge < -0.3 is 30.2 Å². The molecule has 0 aliphatic rings. The number of hydrogen-bond acceptors (Lipinski definition) is 6. The van der Waals surface area contributed by atoms with E-state index in [-0.39, 0.29) is 32.8 Å². The van der Waals surface area contributed by atoms with Crippen molar-refractivity contribution in [1.29, 1.82) is 0 Å². The molecule has 8 heteroatoms. The van der Waals surface area contributed by atoms with Gasteiger partial charge in [-0.1, -0.05) is 6.92 Å². The third-order valence-electron chi connectivity index (χ3n) is 4.69. The van der Waals surface area contributed by atoms with Gasteiger partial charge in [0.05, 0.1) is 38.2 Å². The van der Waals surface area contributed by atoms with Crippen LogP contribution in [0.1, 0.15) is 53.9 Å². The van der Waals surface area contributed by atoms with Gasteiger partial charge in [-0.2, -0.15) is 0 Å². The highest BCUT2D eigenvalue weighted by Gasteiger charge is 2.45. The third kappa shape index (κ3) is 9.53. The lowest BCUT2D eigenvalue weighted by molar-refractivity contribution is -0.178. The summed E-state index contributed by atoms with van der Waals surface area (Å²) in [5, 5.41) is 18.0. The Bertz CT molecular complexity index is 383. The van der Waals surface area contributed by atoms with E-state index in [1.165, 1.54) is 20.8 Å². The zero-order chi connectivity index (χ0) is 20.4. The van der Waals surface area contributed by atoms with Crippen LogP contribution in [0.3, 0.4) is 0 Å². The molecule has 0 heterocycles. The monoisotopic (exact) mass is 385 g/mol. The fourth-order valence-corrected chi connectivity index (χ4v) is 1.95. The Hall–Kier alpha value is -0.380. The first kappa shape index (κ1) is 25.6. The molecule has 0 amide bonds. The molecule has 158 valence electrons. The Morgan fingerprint density at radius 2 is 1.77 bits per heavy atom. The predicted molar refractivity (Wildman–Crippen MR) is 96.4 cm³/mol. The van der Waals surface area contributed by atoms with Crippen molar-refractivity contribution in [2.45, 2.75) is 83.2 Å². The maximum Gasteiger partial charge on any atom is 0.172 e. The van der Waals surface area contributed by atoms with Crippen molar-refractivity contribution in [1.82, 2.24) is 0 Å². The van der Waals surface area contributed by atoms with Gasteiger partial charge >= 0.3 is 0 Å². The van der Waals surface area contributed by atoms with Gasteiger partial charge in [0.2, 0.25) is 0 Å². The van der Waals surface area contributed by atoms with E-state index in [2.05, 4.69) is 0 Å². The first-order chi connectivity index (χ1) is 11.9. The van der Waals surface area contributed by atoms with Crippen LogP contribution in [0.5, 0.6) is 0 Å². The van der Waals surface area contributed by atoms with Crippen molar-refractivity contribution in [2.24, 2.45) is 5.73 Å². The molecule has 0 rings (SSSR count). The summed E-state index contributed by atoms with van der Waals surface area (Å²) in [6.07, 6.45) is -0.705. The molecule has 0 bridgehead atoms. The minimum atomic E-state index is -1.98. The molecule has 0 saturated carbocycles. The Morgan fingerprint density at radius 3 is 2.27 bits per heavy atom. The van der Waals surface area contributed by atoms with Crippen molar-refractivity contribution in [2.75, 3.05) is 33.0 Å². The zero-order valence-electron chi connectivity index (χ0n) is 16.8. The van der Waals surface area contributed by atoms with E-state index in [9.17, 15) is 9.50 Å². The molecule has 0 spiro atoms. The van der Waals surface area contributed by atoms with Crippen LogP contribution in [0.15, 0.2) is 0 Å². The highest BCUT2D eigenvalue weighted by atomic mass is 19.1. The summed E-state index contributed by atoms with van der Waals surface area (Å²) in [7, 11) is 0. The maximum absolute atomic E-state index is 15.0. The van der Waals surface area contributed by atoms with Gasteiger partial charge in [-0.05, 0) is 40.5 Å². The van der Waals surface area contributed by atoms with Crippen LogP contribution in [-0.4, -0.2) is 72.5 Å². The lowest BCUT2D eigenvalue weighted by Crippen LogP contribution is -2.59. The highest BCUT2D eigenvalue weighted by Crippen LogP contribution is 2.30. The number of rotatable bonds is 15. The van der Waals surface area contributed by atoms with Crippen LogP contribution in [0.4, 0.5) is 8.78 Å². The molecule has 0 radical (unpaired) electrons. The Morgan fingerprint density at radius 1 is 1.15 bits per heavy atom. The molecule has 0 fully saturated rings. The molecule has 0 aliphatic carbocycles. The molecular formula is C18H37F2NO5. The van der Waals surface area contributed by atoms with E-state index in [4.69, 9.17) is 25.1 Å². The summed E-state index contributed by atoms with van der Waals surface area (Å²) in [5.41, 5.74) is 1.72. The molecule has 26 heavy (non-hydrogen) atoms. The Labute approximate surface area is 156 Å². The molecular weight excluding hydrogens is 348 g/mol. The molecule has 0 saturated heterocycles. The average Bonchev–Trinajstić information content (AvgIpc) is 2.56. The SMILES string of the molecule is CCC(C)(CCOCC(O)CO)OCC(C)(F)C(C)(N)OCCC(C)F. The molecule has 0 aliphatic heterocycles. The van der Waals surface area contributed by atoms with Crippen LogP contribution >= 0.6 is 0 Å². The molecule has 0 aromatic heterocycles. The number of aliphatic hydroxyl groups is 2. The van der Waals surface area contributed by atoms with Gasteiger partial charge in [0.15, 0.2) is 5.67 Å². The summed E-state index contributed by atoms with van der Waals surface area (Å²) in [6, 6.07) is 0. The van der Waals surface area contributed by atoms with Crippen molar-refractivity contribution in [3.63, 3.8) is 0 Å². The number of aliphatic hydroxyl groups excluding tert-OH is 2. The number of hydrogen-bond donors (Lipinski definition) is 3. The first-order valence-corrected chi connectivity index (χ1v) is 9.15. The maximum atomic E-state index is 15.0. The second-order valence-corrected chi connectivity index (χ2v) is 7.48. The van der Waals surface area contributed by atoms with Gasteiger partial charge in [0.1, 0.15) is 11.8 Å². The van der Waals surface area contributed by atoms with Crippen LogP contribution in [0.2, 0.25) is 0 Å². The molecule has 5 unspecified atom stereocenters. The zero-order valence-corrected chi connectivity index (χ0v) is 16.8. The smallest absolute Gasteiger partial charge is 0.172 e. The number of ether oxygens (including phenoxy) is 3. The summed E-state index contributed by atoms with van der Waals surface area (Å²) in [6.45, 7) is 7.59. The quantitative estimate of drug-likeness (QED) is 0.295. The van der Waals surface area contributed by atoms with Crippen LogP contribution < -0.4 is 5.73 Å². The molecule has 5 atom stereocenters. The lowest BCUT2D eigenvalue weighted by Gasteiger charge is -2.40. The molecule has 4 N–H and O–H groups in total. The predicted octanol–water partition coefficient (Wildman–Crippen LogP) is 2.10. The highest BCUT2D eigenvalue weighted by molar-refractivity contribution is 4.92. The number of alkyl halides is 2. The molecule has 0 aromatic rings. The van der Waals surface area contributed by atoms with Gasteiger partial charge in [-0.25, -0.2) is 8.78 Å². The van der Waals surface area contributed by atoms with E-state index >= 15 is 4.39 Å². The van der Waals surface area contributed by atoms with Crippen molar-refractivity contribution >= 4 is 0 Å². The van der Waals surface area contributed by atoms with Crippen LogP contribution in [0, 0.1) is 0 Å². The van der Waals surface area contributed by atoms with E-state index in [0.29, 0.717) is 19.4 Å². The molecule has 0 aromatic carbocycles. The summed E-state index contributed by atoms with van der Waals surface area (Å²) in [4.78, 5) is 0. The number of nitrogens with two attached hydrogens (primary N) is 1. The second kappa shape index (κ2) is 11.5. The largest absolute Gasteiger partial charge is 0.394 e. The van der Waals surface area contributed by atoms with Gasteiger partial charge in [-0.15, -0.1) is 0 Å².